The van der Waals surface area contributed by atoms with Crippen molar-refractivity contribution in [2.45, 2.75) is 78.1 Å². The van der Waals surface area contributed by atoms with Crippen LogP contribution >= 0.6 is 0 Å². The van der Waals surface area contributed by atoms with Crippen LogP contribution < -0.4 is 9.47 Å². The lowest BCUT2D eigenvalue weighted by Gasteiger charge is -2.23. The van der Waals surface area contributed by atoms with Gasteiger partial charge in [0.1, 0.15) is 11.5 Å². The number of rotatable bonds is 14. The van der Waals surface area contributed by atoms with Gasteiger partial charge in [-0.25, -0.2) is 9.97 Å². The molecule has 2 aliphatic carbocycles. The molecule has 0 unspecified atom stereocenters. The molecule has 2 saturated carbocycles. The van der Waals surface area contributed by atoms with Crippen molar-refractivity contribution >= 4 is 23.7 Å². The minimum absolute atomic E-state index is 0.170. The average Bonchev–Trinajstić information content (AvgIpc) is 4.10. The van der Waals surface area contributed by atoms with Crippen molar-refractivity contribution in [1.82, 2.24) is 39.9 Å². The van der Waals surface area contributed by atoms with Crippen LogP contribution in [0, 0.1) is 25.7 Å². The van der Waals surface area contributed by atoms with Gasteiger partial charge in [0.25, 0.3) is 0 Å². The van der Waals surface area contributed by atoms with Crippen LogP contribution in [0.1, 0.15) is 107 Å². The number of pyridine rings is 4. The van der Waals surface area contributed by atoms with Gasteiger partial charge in [0.2, 0.25) is 11.8 Å². The number of hydrogen-bond donors (Lipinski definition) is 1. The van der Waals surface area contributed by atoms with Crippen molar-refractivity contribution in [1.29, 1.82) is 0 Å². The Hall–Kier alpha value is -8.12. The van der Waals surface area contributed by atoms with Gasteiger partial charge in [0.15, 0.2) is 11.6 Å². The van der Waals surface area contributed by atoms with Crippen molar-refractivity contribution < 1.29 is 19.1 Å². The Balaban J connectivity index is 0.000000176. The maximum Gasteiger partial charge on any atom is 0.219 e. The molecular formula is C59H58N8O4. The number of aryl methyl sites for hydroxylation is 3. The molecule has 0 radical (unpaired) electrons. The molecule has 358 valence electrons. The molecule has 8 aromatic rings. The molecular weight excluding hydrogens is 885 g/mol. The van der Waals surface area contributed by atoms with Crippen LogP contribution in [0.15, 0.2) is 158 Å². The van der Waals surface area contributed by atoms with Crippen molar-refractivity contribution in [2.75, 3.05) is 0 Å². The lowest BCUT2D eigenvalue weighted by molar-refractivity contribution is 0.0945. The van der Waals surface area contributed by atoms with E-state index in [2.05, 4.69) is 59.5 Å². The van der Waals surface area contributed by atoms with Crippen LogP contribution in [0.25, 0.3) is 34.7 Å². The number of H-pyrrole nitrogens is 1. The molecule has 2 aliphatic rings. The van der Waals surface area contributed by atoms with E-state index in [9.17, 15) is 9.59 Å². The summed E-state index contributed by atoms with van der Waals surface area (Å²) in [5, 5.41) is 10.9. The van der Waals surface area contributed by atoms with Gasteiger partial charge in [0, 0.05) is 91.5 Å². The zero-order valence-electron chi connectivity index (χ0n) is 40.5. The third-order valence-electron chi connectivity index (χ3n) is 13.1. The number of carbonyl (C=O) groups is 2. The normalized spacial score (nSPS) is 15.5. The number of ether oxygens (including phenoxy) is 2. The van der Waals surface area contributed by atoms with Crippen LogP contribution in [0.5, 0.6) is 23.3 Å². The fourth-order valence-corrected chi connectivity index (χ4v) is 9.04. The van der Waals surface area contributed by atoms with Gasteiger partial charge >= 0.3 is 0 Å². The Kier molecular flexibility index (Phi) is 15.5. The first-order chi connectivity index (χ1) is 34.6. The van der Waals surface area contributed by atoms with Crippen molar-refractivity contribution in [3.05, 3.63) is 191 Å². The third kappa shape index (κ3) is 13.6. The Bertz CT molecular complexity index is 3080. The number of carbonyl (C=O) groups excluding carboxylic acids is 2. The van der Waals surface area contributed by atoms with E-state index in [-0.39, 0.29) is 11.6 Å². The number of aromatic nitrogens is 8. The Labute approximate surface area is 415 Å². The van der Waals surface area contributed by atoms with Crippen LogP contribution in [-0.4, -0.2) is 51.5 Å². The topological polar surface area (TPSA) is 151 Å². The Morgan fingerprint density at radius 3 is 1.51 bits per heavy atom. The predicted octanol–water partition coefficient (Wildman–Crippen LogP) is 13.6. The van der Waals surface area contributed by atoms with Gasteiger partial charge in [-0.2, -0.15) is 10.2 Å². The molecule has 10 rings (SSSR count). The number of Topliss-reactive ketones (excluding diaryl/α,β-unsaturated/α-hetero) is 2. The molecule has 0 spiro atoms. The van der Waals surface area contributed by atoms with E-state index >= 15 is 0 Å². The van der Waals surface area contributed by atoms with Gasteiger partial charge in [-0.1, -0.05) is 59.7 Å². The van der Waals surface area contributed by atoms with E-state index in [0.717, 1.165) is 108 Å². The smallest absolute Gasteiger partial charge is 0.219 e. The van der Waals surface area contributed by atoms with E-state index in [1.807, 2.05) is 112 Å². The number of nitrogens with one attached hydrogen (secondary N) is 1. The SMILES string of the molecule is Cc1ccc(Oc2cccc(C=C3CCC(CC(=O)c4ccc(-c5cn[nH]c5)nc4)CC3)c2)nc1.Cc1ccc(Oc2cccc(C=C3CCC(CC(=O)c4ccc(-c5cnn(C)c5)nc4)CC3)c2)nc1. The number of hydrogen-bond acceptors (Lipinski definition) is 10. The van der Waals surface area contributed by atoms with E-state index in [4.69, 9.17) is 9.47 Å². The lowest BCUT2D eigenvalue weighted by Crippen LogP contribution is -2.13. The van der Waals surface area contributed by atoms with Crippen molar-refractivity contribution in [2.24, 2.45) is 18.9 Å². The molecule has 0 atom stereocenters. The highest BCUT2D eigenvalue weighted by Crippen LogP contribution is 2.35. The lowest BCUT2D eigenvalue weighted by atomic mass is 9.82. The first-order valence-electron chi connectivity index (χ1n) is 24.4. The summed E-state index contributed by atoms with van der Waals surface area (Å²) in [6.45, 7) is 4.01. The molecule has 0 saturated heterocycles. The second-order valence-corrected chi connectivity index (χ2v) is 18.7. The number of aromatic amines is 1. The molecule has 12 nitrogen and oxygen atoms in total. The predicted molar refractivity (Wildman–Crippen MR) is 277 cm³/mol. The molecule has 6 aromatic heterocycles. The summed E-state index contributed by atoms with van der Waals surface area (Å²) in [6, 6.07) is 31.5. The first kappa shape index (κ1) is 47.9. The van der Waals surface area contributed by atoms with Crippen LogP contribution in [0.4, 0.5) is 0 Å². The molecule has 0 aliphatic heterocycles. The van der Waals surface area contributed by atoms with Gasteiger partial charge in [-0.3, -0.25) is 29.3 Å². The highest BCUT2D eigenvalue weighted by atomic mass is 16.5. The van der Waals surface area contributed by atoms with E-state index in [1.165, 1.54) is 11.1 Å². The monoisotopic (exact) mass is 942 g/mol. The van der Waals surface area contributed by atoms with Crippen LogP contribution in [0.2, 0.25) is 0 Å². The molecule has 0 amide bonds. The fourth-order valence-electron chi connectivity index (χ4n) is 9.04. The minimum Gasteiger partial charge on any atom is -0.439 e. The van der Waals surface area contributed by atoms with Gasteiger partial charge in [0.05, 0.1) is 23.8 Å². The molecule has 0 bridgehead atoms. The zero-order chi connectivity index (χ0) is 48.9. The number of ketones is 2. The summed E-state index contributed by atoms with van der Waals surface area (Å²) < 4.78 is 13.6. The van der Waals surface area contributed by atoms with Crippen LogP contribution in [-0.2, 0) is 7.05 Å². The number of nitrogens with zero attached hydrogens (tertiary/aromatic N) is 7. The second-order valence-electron chi connectivity index (χ2n) is 18.7. The molecule has 71 heavy (non-hydrogen) atoms. The maximum atomic E-state index is 12.9. The summed E-state index contributed by atoms with van der Waals surface area (Å²) in [5.74, 6) is 3.92. The van der Waals surface area contributed by atoms with E-state index in [0.29, 0.717) is 47.6 Å². The van der Waals surface area contributed by atoms with E-state index in [1.54, 1.807) is 48.1 Å². The summed E-state index contributed by atoms with van der Waals surface area (Å²) in [4.78, 5) is 43.2. The fraction of sp³-hybridized carbons (Fsp3) is 0.254. The van der Waals surface area contributed by atoms with Gasteiger partial charge < -0.3 is 9.47 Å². The zero-order valence-corrected chi connectivity index (χ0v) is 40.5. The van der Waals surface area contributed by atoms with Gasteiger partial charge in [-0.15, -0.1) is 0 Å². The van der Waals surface area contributed by atoms with Gasteiger partial charge in [-0.05, 0) is 148 Å². The first-order valence-corrected chi connectivity index (χ1v) is 24.4. The molecule has 6 heterocycles. The van der Waals surface area contributed by atoms with Crippen molar-refractivity contribution in [3.8, 4) is 45.8 Å². The van der Waals surface area contributed by atoms with Crippen molar-refractivity contribution in [3.63, 3.8) is 0 Å². The quantitative estimate of drug-likeness (QED) is 0.104. The van der Waals surface area contributed by atoms with E-state index < -0.39 is 0 Å². The second kappa shape index (κ2) is 23.0. The highest BCUT2D eigenvalue weighted by molar-refractivity contribution is 5.96. The Morgan fingerprint density at radius 2 is 1.10 bits per heavy atom. The Morgan fingerprint density at radius 1 is 0.592 bits per heavy atom. The highest BCUT2D eigenvalue weighted by Gasteiger charge is 2.22. The maximum absolute atomic E-state index is 12.9. The largest absolute Gasteiger partial charge is 0.439 e. The third-order valence-corrected chi connectivity index (χ3v) is 13.1. The summed E-state index contributed by atoms with van der Waals surface area (Å²) >= 11 is 0. The summed E-state index contributed by atoms with van der Waals surface area (Å²) in [5.41, 5.74) is 12.2. The minimum atomic E-state index is 0.170. The number of allylic oxidation sites excluding steroid dienone is 2. The molecule has 2 fully saturated rings. The average molecular weight is 943 g/mol. The molecule has 12 heteroatoms. The molecule has 2 aromatic carbocycles. The summed E-state index contributed by atoms with van der Waals surface area (Å²) in [6.07, 6.45) is 28.0. The van der Waals surface area contributed by atoms with Crippen LogP contribution in [0.3, 0.4) is 0 Å². The number of benzene rings is 2. The summed E-state index contributed by atoms with van der Waals surface area (Å²) in [7, 11) is 1.88. The molecule has 1 N–H and O–H groups in total. The standard InChI is InChI=1S/C30H30N4O2.C29H28N4O2/c1-21-6-13-30(32-17-21)36-27-5-3-4-24(15-27)14-22-7-9-23(10-8-22)16-29(35)25-11-12-28(31-18-25)26-19-33-34(2)20-26;1-20-5-12-29(31-16-20)35-26-4-2-3-23(14-26)13-21-6-8-22(9-7-21)15-28(34)24-10-11-27(30-17-24)25-18-32-33-19-25/h3-6,11-15,17-20,23H,7-10,16H2,1-2H3;2-5,10-14,16-19,22H,6-9,15H2,1H3,(H,32,33).